The summed E-state index contributed by atoms with van der Waals surface area (Å²) >= 11 is 1.73. The fraction of sp³-hybridized carbons (Fsp3) is 0.300. The maximum Gasteiger partial charge on any atom is 0.257 e. The number of piperazine rings is 1. The van der Waals surface area contributed by atoms with Gasteiger partial charge in [0, 0.05) is 6.07 Å². The summed E-state index contributed by atoms with van der Waals surface area (Å²) in [5.74, 6) is -0.382. The summed E-state index contributed by atoms with van der Waals surface area (Å²) in [4.78, 5) is 20.4. The van der Waals surface area contributed by atoms with E-state index in [0.29, 0.717) is 18.8 Å². The van der Waals surface area contributed by atoms with Crippen molar-refractivity contribution in [3.8, 4) is 5.75 Å². The monoisotopic (exact) mass is 386 g/mol. The van der Waals surface area contributed by atoms with Crippen LogP contribution in [0.3, 0.4) is 0 Å². The number of ether oxygens (including phenoxy) is 1. The highest BCUT2D eigenvalue weighted by Gasteiger charge is 2.27. The third-order valence-corrected chi connectivity index (χ3v) is 5.94. The maximum absolute atomic E-state index is 14.2. The largest absolute Gasteiger partial charge is 0.497 e. The molecule has 1 aliphatic heterocycles. The van der Waals surface area contributed by atoms with E-state index < -0.39 is 5.82 Å². The molecule has 3 aromatic rings. The molecule has 0 aliphatic carbocycles. The number of fused-ring (bicyclic) bond motifs is 1. The summed E-state index contributed by atoms with van der Waals surface area (Å²) in [5, 5.41) is 1.12. The van der Waals surface area contributed by atoms with Crippen molar-refractivity contribution >= 4 is 27.5 Å². The van der Waals surface area contributed by atoms with Gasteiger partial charge in [0.25, 0.3) is 5.91 Å². The van der Waals surface area contributed by atoms with Gasteiger partial charge in [-0.3, -0.25) is 4.79 Å². The van der Waals surface area contributed by atoms with Gasteiger partial charge in [-0.05, 0) is 24.3 Å². The van der Waals surface area contributed by atoms with Gasteiger partial charge >= 0.3 is 0 Å². The first-order valence-corrected chi connectivity index (χ1v) is 9.76. The third kappa shape index (κ3) is 3.79. The van der Waals surface area contributed by atoms with Crippen LogP contribution in [0, 0.1) is 5.82 Å². The summed E-state index contributed by atoms with van der Waals surface area (Å²) in [6.45, 7) is 3.76. The molecule has 1 saturated heterocycles. The van der Waals surface area contributed by atoms with Crippen molar-refractivity contribution < 1.29 is 18.8 Å². The molecule has 0 unspecified atom stereocenters. The number of hydrogen-bond acceptors (Lipinski definition) is 4. The van der Waals surface area contributed by atoms with E-state index >= 15 is 0 Å². The van der Waals surface area contributed by atoms with Crippen LogP contribution in [0.1, 0.15) is 15.4 Å². The summed E-state index contributed by atoms with van der Waals surface area (Å²) in [6, 6.07) is 12.5. The van der Waals surface area contributed by atoms with Crippen LogP contribution >= 0.6 is 11.3 Å². The molecule has 1 aliphatic rings. The molecule has 4 rings (SSSR count). The molecule has 0 spiro atoms. The van der Waals surface area contributed by atoms with Crippen LogP contribution in [0.15, 0.2) is 42.5 Å². The third-order valence-electron chi connectivity index (χ3n) is 4.90. The van der Waals surface area contributed by atoms with Gasteiger partial charge in [-0.2, -0.15) is 0 Å². The van der Waals surface area contributed by atoms with Crippen LogP contribution in [0.4, 0.5) is 4.39 Å². The lowest BCUT2D eigenvalue weighted by Crippen LogP contribution is -3.13. The number of quaternary nitrogens is 1. The normalized spacial score (nSPS) is 15.3. The molecule has 0 saturated carbocycles. The Morgan fingerprint density at radius 3 is 2.74 bits per heavy atom. The second-order valence-electron chi connectivity index (χ2n) is 6.64. The standard InChI is InChI=1S/C20H20FN3O2S/c1-26-14-6-7-15(16(21)12-14)20(25)24-10-8-23(9-11-24)13-19-22-17-4-2-3-5-18(17)27-19/h2-7,12H,8-11,13H2,1H3/p+1. The van der Waals surface area contributed by atoms with E-state index in [-0.39, 0.29) is 11.5 Å². The molecule has 27 heavy (non-hydrogen) atoms. The fourth-order valence-corrected chi connectivity index (χ4v) is 4.42. The number of nitrogens with zero attached hydrogens (tertiary/aromatic N) is 2. The Morgan fingerprint density at radius 1 is 1.26 bits per heavy atom. The number of benzene rings is 2. The summed E-state index contributed by atoms with van der Waals surface area (Å²) < 4.78 is 20.4. The van der Waals surface area contributed by atoms with Crippen molar-refractivity contribution in [3.05, 3.63) is 58.9 Å². The summed E-state index contributed by atoms with van der Waals surface area (Å²) in [6.07, 6.45) is 0. The number of carbonyl (C=O) groups excluding carboxylic acids is 1. The van der Waals surface area contributed by atoms with Gasteiger partial charge < -0.3 is 14.5 Å². The number of amides is 1. The minimum absolute atomic E-state index is 0.102. The highest BCUT2D eigenvalue weighted by Crippen LogP contribution is 2.21. The van der Waals surface area contributed by atoms with E-state index in [1.807, 2.05) is 18.2 Å². The highest BCUT2D eigenvalue weighted by atomic mass is 32.1. The van der Waals surface area contributed by atoms with Gasteiger partial charge in [0.05, 0.1) is 49.1 Å². The van der Waals surface area contributed by atoms with Crippen molar-refractivity contribution in [2.75, 3.05) is 33.3 Å². The molecule has 5 nitrogen and oxygen atoms in total. The maximum atomic E-state index is 14.2. The Kier molecular flexibility index (Phi) is 5.05. The molecular weight excluding hydrogens is 365 g/mol. The first-order chi connectivity index (χ1) is 13.1. The Hall–Kier alpha value is -2.51. The number of para-hydroxylation sites is 1. The molecule has 1 N–H and O–H groups in total. The Bertz CT molecular complexity index is 934. The summed E-state index contributed by atoms with van der Waals surface area (Å²) in [7, 11) is 1.48. The number of halogens is 1. The quantitative estimate of drug-likeness (QED) is 0.746. The fourth-order valence-electron chi connectivity index (χ4n) is 3.38. The lowest BCUT2D eigenvalue weighted by molar-refractivity contribution is -0.917. The molecule has 2 heterocycles. The minimum atomic E-state index is -0.538. The molecule has 0 bridgehead atoms. The average molecular weight is 386 g/mol. The number of aromatic nitrogens is 1. The Labute approximate surface area is 161 Å². The van der Waals surface area contributed by atoms with Crippen molar-refractivity contribution in [3.63, 3.8) is 0 Å². The number of hydrogen-bond donors (Lipinski definition) is 1. The first kappa shape index (κ1) is 17.9. The van der Waals surface area contributed by atoms with Crippen molar-refractivity contribution in [2.45, 2.75) is 6.54 Å². The van der Waals surface area contributed by atoms with Crippen LogP contribution in [0.25, 0.3) is 10.2 Å². The second kappa shape index (κ2) is 7.62. The van der Waals surface area contributed by atoms with Crippen molar-refractivity contribution in [2.24, 2.45) is 0 Å². The van der Waals surface area contributed by atoms with Crippen molar-refractivity contribution in [1.82, 2.24) is 9.88 Å². The van der Waals surface area contributed by atoms with Gasteiger partial charge in [-0.15, -0.1) is 11.3 Å². The van der Waals surface area contributed by atoms with Crippen molar-refractivity contribution in [1.29, 1.82) is 0 Å². The molecule has 0 atom stereocenters. The van der Waals surface area contributed by atoms with Gasteiger partial charge in [0.15, 0.2) is 0 Å². The average Bonchev–Trinajstić information content (AvgIpc) is 3.10. The SMILES string of the molecule is COc1ccc(C(=O)N2CC[NH+](Cc3nc4ccccc4s3)CC2)c(F)c1. The topological polar surface area (TPSA) is 46.9 Å². The van der Waals surface area contributed by atoms with Crippen LogP contribution in [-0.4, -0.2) is 49.1 Å². The zero-order valence-electron chi connectivity index (χ0n) is 15.1. The number of rotatable bonds is 4. The second-order valence-corrected chi connectivity index (χ2v) is 7.76. The molecule has 1 amide bonds. The van der Waals surface area contributed by atoms with E-state index in [0.717, 1.165) is 30.2 Å². The van der Waals surface area contributed by atoms with E-state index in [2.05, 4.69) is 6.07 Å². The summed E-state index contributed by atoms with van der Waals surface area (Å²) in [5.41, 5.74) is 1.14. The van der Waals surface area contributed by atoms with Crippen LogP contribution in [0.5, 0.6) is 5.75 Å². The van der Waals surface area contributed by atoms with Crippen LogP contribution < -0.4 is 9.64 Å². The first-order valence-electron chi connectivity index (χ1n) is 8.95. The van der Waals surface area contributed by atoms with Gasteiger partial charge in [0.2, 0.25) is 0 Å². The van der Waals surface area contributed by atoms with Gasteiger partial charge in [0.1, 0.15) is 23.1 Å². The predicted molar refractivity (Wildman–Crippen MR) is 103 cm³/mol. The predicted octanol–water partition coefficient (Wildman–Crippen LogP) is 1.98. The smallest absolute Gasteiger partial charge is 0.257 e. The minimum Gasteiger partial charge on any atom is -0.497 e. The molecule has 1 aromatic heterocycles. The van der Waals surface area contributed by atoms with Gasteiger partial charge in [-0.1, -0.05) is 12.1 Å². The molecule has 7 heteroatoms. The molecular formula is C20H21FN3O2S+. The number of thiazole rings is 1. The molecule has 1 fully saturated rings. The molecule has 0 radical (unpaired) electrons. The number of methoxy groups -OCH3 is 1. The van der Waals surface area contributed by atoms with Crippen LogP contribution in [-0.2, 0) is 6.54 Å². The Balaban J connectivity index is 1.37. The van der Waals surface area contributed by atoms with E-state index in [9.17, 15) is 9.18 Å². The molecule has 140 valence electrons. The van der Waals surface area contributed by atoms with E-state index in [4.69, 9.17) is 9.72 Å². The van der Waals surface area contributed by atoms with Gasteiger partial charge in [-0.25, -0.2) is 9.37 Å². The number of nitrogens with one attached hydrogen (secondary N) is 1. The van der Waals surface area contributed by atoms with E-state index in [1.54, 1.807) is 22.3 Å². The van der Waals surface area contributed by atoms with E-state index in [1.165, 1.54) is 28.8 Å². The zero-order chi connectivity index (χ0) is 18.8. The van der Waals surface area contributed by atoms with Crippen LogP contribution in [0.2, 0.25) is 0 Å². The lowest BCUT2D eigenvalue weighted by atomic mass is 10.1. The Morgan fingerprint density at radius 2 is 2.04 bits per heavy atom. The number of carbonyl (C=O) groups is 1. The zero-order valence-corrected chi connectivity index (χ0v) is 15.9. The molecule has 2 aromatic carbocycles. The lowest BCUT2D eigenvalue weighted by Gasteiger charge is -2.32. The highest BCUT2D eigenvalue weighted by molar-refractivity contribution is 7.18.